The quantitative estimate of drug-likeness (QED) is 0.486. The Morgan fingerprint density at radius 1 is 1.17 bits per heavy atom. The second-order valence-corrected chi connectivity index (χ2v) is 12.9. The molecule has 8 nitrogen and oxygen atoms in total. The van der Waals surface area contributed by atoms with E-state index in [0.717, 1.165) is 17.1 Å². The van der Waals surface area contributed by atoms with E-state index >= 15 is 0 Å². The van der Waals surface area contributed by atoms with Gasteiger partial charge in [0, 0.05) is 47.8 Å². The second-order valence-electron chi connectivity index (χ2n) is 9.46. The standard InChI is InChI=1S/C24H27ClN4O4S2/c1-24(2,3)22-27-23(34-28-22)33-20-8-7-18(14-19(20)25)26-21(30)17-6-4-5-16(13-17)15-29-9-11-35(31,32)12-10-29/h4-8,13-14H,9-12,15H2,1-3H3,(H,26,30). The molecule has 1 N–H and O–H groups in total. The number of nitrogens with zero attached hydrogens (tertiary/aromatic N) is 3. The number of hydrogen-bond acceptors (Lipinski definition) is 8. The lowest BCUT2D eigenvalue weighted by Crippen LogP contribution is -2.39. The first-order valence-electron chi connectivity index (χ1n) is 11.1. The molecular formula is C24H27ClN4O4S2. The molecule has 0 radical (unpaired) electrons. The van der Waals surface area contributed by atoms with E-state index in [-0.39, 0.29) is 22.8 Å². The van der Waals surface area contributed by atoms with E-state index in [0.29, 0.717) is 52.7 Å². The molecule has 4 rings (SSSR count). The van der Waals surface area contributed by atoms with Gasteiger partial charge in [-0.15, -0.1) is 0 Å². The summed E-state index contributed by atoms with van der Waals surface area (Å²) in [6.07, 6.45) is 0. The molecule has 35 heavy (non-hydrogen) atoms. The highest BCUT2D eigenvalue weighted by molar-refractivity contribution is 7.91. The molecule has 1 fully saturated rings. The van der Waals surface area contributed by atoms with Crippen molar-refractivity contribution in [1.29, 1.82) is 0 Å². The van der Waals surface area contributed by atoms with Crippen LogP contribution in [0.25, 0.3) is 0 Å². The number of ether oxygens (including phenoxy) is 1. The zero-order valence-corrected chi connectivity index (χ0v) is 22.1. The van der Waals surface area contributed by atoms with Crippen molar-refractivity contribution in [3.63, 3.8) is 0 Å². The smallest absolute Gasteiger partial charge is 0.298 e. The molecule has 0 bridgehead atoms. The first-order chi connectivity index (χ1) is 16.5. The molecule has 186 valence electrons. The van der Waals surface area contributed by atoms with Crippen LogP contribution in [0.1, 0.15) is 42.5 Å². The third-order valence-corrected chi connectivity index (χ3v) is 8.00. The van der Waals surface area contributed by atoms with Crippen LogP contribution in [0.4, 0.5) is 5.69 Å². The number of nitrogens with one attached hydrogen (secondary N) is 1. The first-order valence-corrected chi connectivity index (χ1v) is 14.1. The zero-order valence-electron chi connectivity index (χ0n) is 19.7. The Labute approximate surface area is 214 Å². The molecule has 1 aromatic heterocycles. The van der Waals surface area contributed by atoms with E-state index < -0.39 is 9.84 Å². The second kappa shape index (κ2) is 10.2. The predicted octanol–water partition coefficient (Wildman–Crippen LogP) is 4.76. The van der Waals surface area contributed by atoms with Crippen LogP contribution in [0.15, 0.2) is 42.5 Å². The fourth-order valence-corrected chi connectivity index (χ4v) is 5.72. The fourth-order valence-electron chi connectivity index (χ4n) is 3.49. The fraction of sp³-hybridized carbons (Fsp3) is 0.375. The first kappa shape index (κ1) is 25.6. The molecule has 3 aromatic rings. The van der Waals surface area contributed by atoms with Gasteiger partial charge in [0.25, 0.3) is 11.1 Å². The molecule has 0 aliphatic carbocycles. The van der Waals surface area contributed by atoms with Crippen molar-refractivity contribution in [3.8, 4) is 10.9 Å². The average molecular weight is 535 g/mol. The van der Waals surface area contributed by atoms with Crippen molar-refractivity contribution < 1.29 is 17.9 Å². The van der Waals surface area contributed by atoms with Gasteiger partial charge >= 0.3 is 0 Å². The van der Waals surface area contributed by atoms with Crippen LogP contribution < -0.4 is 10.1 Å². The number of carbonyl (C=O) groups excluding carboxylic acids is 1. The molecule has 0 atom stereocenters. The summed E-state index contributed by atoms with van der Waals surface area (Å²) in [6.45, 7) is 7.68. The predicted molar refractivity (Wildman–Crippen MR) is 138 cm³/mol. The Hall–Kier alpha value is -2.53. The van der Waals surface area contributed by atoms with Gasteiger partial charge in [0.2, 0.25) is 0 Å². The molecule has 1 saturated heterocycles. The van der Waals surface area contributed by atoms with Crippen molar-refractivity contribution in [1.82, 2.24) is 14.3 Å². The Morgan fingerprint density at radius 2 is 1.91 bits per heavy atom. The minimum absolute atomic E-state index is 0.171. The van der Waals surface area contributed by atoms with Gasteiger partial charge in [-0.1, -0.05) is 44.5 Å². The summed E-state index contributed by atoms with van der Waals surface area (Å²) in [7, 11) is -2.93. The van der Waals surface area contributed by atoms with E-state index in [1.54, 1.807) is 24.3 Å². The summed E-state index contributed by atoms with van der Waals surface area (Å²) in [6, 6.07) is 12.3. The summed E-state index contributed by atoms with van der Waals surface area (Å²) in [5.41, 5.74) is 1.81. The van der Waals surface area contributed by atoms with Crippen molar-refractivity contribution >= 4 is 44.6 Å². The van der Waals surface area contributed by atoms with E-state index in [1.807, 2.05) is 39.0 Å². The number of rotatable bonds is 6. The molecule has 1 aliphatic heterocycles. The van der Waals surface area contributed by atoms with Gasteiger partial charge in [-0.3, -0.25) is 9.69 Å². The lowest BCUT2D eigenvalue weighted by molar-refractivity contribution is 0.102. The van der Waals surface area contributed by atoms with Gasteiger partial charge in [0.1, 0.15) is 5.75 Å². The highest BCUT2D eigenvalue weighted by Gasteiger charge is 2.22. The molecule has 0 spiro atoms. The van der Waals surface area contributed by atoms with Gasteiger partial charge in [0.05, 0.1) is 16.5 Å². The number of hydrogen-bond donors (Lipinski definition) is 1. The van der Waals surface area contributed by atoms with Crippen LogP contribution >= 0.6 is 23.1 Å². The number of anilines is 1. The summed E-state index contributed by atoms with van der Waals surface area (Å²) in [5.74, 6) is 1.20. The van der Waals surface area contributed by atoms with Gasteiger partial charge in [0.15, 0.2) is 15.7 Å². The Kier molecular flexibility index (Phi) is 7.46. The molecule has 0 saturated carbocycles. The third-order valence-electron chi connectivity index (χ3n) is 5.50. The minimum Gasteiger partial charge on any atom is -0.428 e. The lowest BCUT2D eigenvalue weighted by Gasteiger charge is -2.26. The molecule has 0 unspecified atom stereocenters. The molecule has 2 aromatic carbocycles. The highest BCUT2D eigenvalue weighted by atomic mass is 35.5. The van der Waals surface area contributed by atoms with E-state index in [1.165, 1.54) is 0 Å². The number of carbonyl (C=O) groups is 1. The van der Waals surface area contributed by atoms with Gasteiger partial charge < -0.3 is 10.1 Å². The van der Waals surface area contributed by atoms with E-state index in [4.69, 9.17) is 16.3 Å². The lowest BCUT2D eigenvalue weighted by atomic mass is 9.96. The third kappa shape index (κ3) is 6.78. The normalized spacial score (nSPS) is 16.1. The monoisotopic (exact) mass is 534 g/mol. The average Bonchev–Trinajstić information content (AvgIpc) is 3.27. The van der Waals surface area contributed by atoms with Gasteiger partial charge in [-0.2, -0.15) is 9.36 Å². The number of sulfone groups is 1. The highest BCUT2D eigenvalue weighted by Crippen LogP contribution is 2.34. The molecule has 1 aliphatic rings. The summed E-state index contributed by atoms with van der Waals surface area (Å²) in [4.78, 5) is 19.3. The van der Waals surface area contributed by atoms with Crippen molar-refractivity contribution in [2.24, 2.45) is 0 Å². The Balaban J connectivity index is 1.39. The minimum atomic E-state index is -2.93. The Bertz CT molecular complexity index is 1320. The molecular weight excluding hydrogens is 508 g/mol. The van der Waals surface area contributed by atoms with Crippen LogP contribution in [-0.4, -0.2) is 53.2 Å². The Morgan fingerprint density at radius 3 is 2.57 bits per heavy atom. The van der Waals surface area contributed by atoms with Crippen molar-refractivity contribution in [2.45, 2.75) is 32.7 Å². The molecule has 11 heteroatoms. The number of amides is 1. The van der Waals surface area contributed by atoms with Crippen LogP contribution in [0.5, 0.6) is 10.9 Å². The number of aromatic nitrogens is 2. The molecule has 1 amide bonds. The van der Waals surface area contributed by atoms with Crippen LogP contribution in [0, 0.1) is 0 Å². The maximum absolute atomic E-state index is 12.8. The topological polar surface area (TPSA) is 101 Å². The van der Waals surface area contributed by atoms with E-state index in [9.17, 15) is 13.2 Å². The largest absolute Gasteiger partial charge is 0.428 e. The maximum Gasteiger partial charge on any atom is 0.298 e. The van der Waals surface area contributed by atoms with Gasteiger partial charge in [-0.05, 0) is 35.9 Å². The van der Waals surface area contributed by atoms with Crippen molar-refractivity contribution in [2.75, 3.05) is 29.9 Å². The maximum atomic E-state index is 12.8. The van der Waals surface area contributed by atoms with E-state index in [2.05, 4.69) is 19.6 Å². The molecule has 2 heterocycles. The summed E-state index contributed by atoms with van der Waals surface area (Å²) < 4.78 is 33.4. The summed E-state index contributed by atoms with van der Waals surface area (Å²) in [5, 5.41) is 3.60. The SMILES string of the molecule is CC(C)(C)c1nsc(Oc2ccc(NC(=O)c3cccc(CN4CCS(=O)(=O)CC4)c3)cc2Cl)n1. The van der Waals surface area contributed by atoms with Crippen LogP contribution in [0.2, 0.25) is 5.02 Å². The number of halogens is 1. The number of benzene rings is 2. The van der Waals surface area contributed by atoms with Gasteiger partial charge in [-0.25, -0.2) is 8.42 Å². The van der Waals surface area contributed by atoms with Crippen molar-refractivity contribution in [3.05, 3.63) is 64.4 Å². The van der Waals surface area contributed by atoms with Crippen LogP contribution in [-0.2, 0) is 21.8 Å². The zero-order chi connectivity index (χ0) is 25.2. The van der Waals surface area contributed by atoms with Crippen LogP contribution in [0.3, 0.4) is 0 Å². The summed E-state index contributed by atoms with van der Waals surface area (Å²) >= 11 is 7.55.